The number of amides is 2. The van der Waals surface area contributed by atoms with Gasteiger partial charge in [-0.3, -0.25) is 4.79 Å². The van der Waals surface area contributed by atoms with Gasteiger partial charge in [-0.2, -0.15) is 0 Å². The number of urea groups is 1. The summed E-state index contributed by atoms with van der Waals surface area (Å²) in [7, 11) is 0. The first-order valence-electron chi connectivity index (χ1n) is 10.3. The van der Waals surface area contributed by atoms with Crippen molar-refractivity contribution >= 4 is 6.03 Å². The fourth-order valence-corrected chi connectivity index (χ4v) is 4.51. The Morgan fingerprint density at radius 2 is 1.81 bits per heavy atom. The van der Waals surface area contributed by atoms with Crippen molar-refractivity contribution in [3.05, 3.63) is 52.4 Å². The predicted octanol–water partition coefficient (Wildman–Crippen LogP) is 3.95. The van der Waals surface area contributed by atoms with Gasteiger partial charge < -0.3 is 19.5 Å². The monoisotopic (exact) mass is 435 g/mol. The van der Waals surface area contributed by atoms with Gasteiger partial charge in [0.2, 0.25) is 0 Å². The number of alkyl halides is 3. The van der Waals surface area contributed by atoms with E-state index in [1.165, 1.54) is 24.3 Å². The third kappa shape index (κ3) is 4.55. The fraction of sp³-hybridized carbons (Fsp3) is 0.455. The highest BCUT2D eigenvalue weighted by molar-refractivity contribution is 5.74. The van der Waals surface area contributed by atoms with Crippen LogP contribution in [-0.2, 0) is 6.54 Å². The lowest BCUT2D eigenvalue weighted by Gasteiger charge is -2.43. The number of rotatable bonds is 3. The molecule has 2 atom stereocenters. The van der Waals surface area contributed by atoms with Crippen LogP contribution in [0, 0.1) is 5.92 Å². The molecule has 1 fully saturated rings. The van der Waals surface area contributed by atoms with E-state index in [0.29, 0.717) is 30.8 Å². The molecule has 0 saturated carbocycles. The minimum absolute atomic E-state index is 0.0552. The van der Waals surface area contributed by atoms with Gasteiger partial charge in [-0.25, -0.2) is 4.79 Å². The Kier molecular flexibility index (Phi) is 5.45. The van der Waals surface area contributed by atoms with Crippen LogP contribution in [0.2, 0.25) is 0 Å². The van der Waals surface area contributed by atoms with Crippen molar-refractivity contribution in [3.8, 4) is 16.9 Å². The van der Waals surface area contributed by atoms with Crippen LogP contribution < -0.4 is 15.6 Å². The van der Waals surface area contributed by atoms with E-state index in [9.17, 15) is 22.8 Å². The second kappa shape index (κ2) is 7.94. The Morgan fingerprint density at radius 3 is 2.45 bits per heavy atom. The van der Waals surface area contributed by atoms with E-state index >= 15 is 0 Å². The summed E-state index contributed by atoms with van der Waals surface area (Å²) in [5, 5.41) is 2.92. The summed E-state index contributed by atoms with van der Waals surface area (Å²) in [6.07, 6.45) is -3.83. The average Bonchev–Trinajstić information content (AvgIpc) is 2.68. The number of piperidine rings is 1. The first kappa shape index (κ1) is 21.3. The lowest BCUT2D eigenvalue weighted by atomic mass is 9.83. The standard InChI is InChI=1S/C22H24F3N3O3/c1-13(2)26-21(30)27-10-14-9-16(12-27)19-8-7-18(20(29)28(19)11-14)15-3-5-17(6-4-15)31-22(23,24)25/h3-8,13-14,16H,9-12H2,1-2H3,(H,26,30). The first-order valence-corrected chi connectivity index (χ1v) is 10.3. The number of ether oxygens (including phenoxy) is 1. The number of aromatic nitrogens is 1. The zero-order valence-corrected chi connectivity index (χ0v) is 17.3. The van der Waals surface area contributed by atoms with E-state index in [4.69, 9.17) is 0 Å². The van der Waals surface area contributed by atoms with E-state index in [-0.39, 0.29) is 35.2 Å². The molecule has 1 aromatic heterocycles. The number of halogens is 3. The van der Waals surface area contributed by atoms with Crippen LogP contribution in [0.5, 0.6) is 5.75 Å². The number of carbonyl (C=O) groups is 1. The second-order valence-corrected chi connectivity index (χ2v) is 8.47. The Morgan fingerprint density at radius 1 is 1.10 bits per heavy atom. The van der Waals surface area contributed by atoms with Crippen molar-refractivity contribution < 1.29 is 22.7 Å². The average molecular weight is 435 g/mol. The fourth-order valence-electron chi connectivity index (χ4n) is 4.51. The Bertz CT molecular complexity index is 1030. The summed E-state index contributed by atoms with van der Waals surface area (Å²) in [5.41, 5.74) is 1.68. The van der Waals surface area contributed by atoms with Crippen molar-refractivity contribution in [1.29, 1.82) is 0 Å². The van der Waals surface area contributed by atoms with E-state index in [2.05, 4.69) is 10.1 Å². The molecular formula is C22H24F3N3O3. The normalized spacial score (nSPS) is 20.4. The number of pyridine rings is 1. The number of benzene rings is 1. The molecule has 2 aromatic rings. The van der Waals surface area contributed by atoms with Crippen LogP contribution in [-0.4, -0.2) is 41.0 Å². The molecule has 4 rings (SSSR count). The molecule has 0 aliphatic carbocycles. The third-order valence-corrected chi connectivity index (χ3v) is 5.70. The topological polar surface area (TPSA) is 63.6 Å². The summed E-state index contributed by atoms with van der Waals surface area (Å²) < 4.78 is 42.7. The summed E-state index contributed by atoms with van der Waals surface area (Å²) in [5.74, 6) is -0.0713. The lowest BCUT2D eigenvalue weighted by molar-refractivity contribution is -0.274. The highest BCUT2D eigenvalue weighted by atomic mass is 19.4. The van der Waals surface area contributed by atoms with Crippen LogP contribution in [0.3, 0.4) is 0 Å². The highest BCUT2D eigenvalue weighted by Crippen LogP contribution is 2.36. The zero-order valence-electron chi connectivity index (χ0n) is 17.3. The van der Waals surface area contributed by atoms with Crippen molar-refractivity contribution in [2.24, 2.45) is 5.92 Å². The number of nitrogens with zero attached hydrogens (tertiary/aromatic N) is 2. The van der Waals surface area contributed by atoms with Gasteiger partial charge in [0.1, 0.15) is 5.75 Å². The minimum atomic E-state index is -4.76. The van der Waals surface area contributed by atoms with Crippen molar-refractivity contribution in [3.63, 3.8) is 0 Å². The maximum Gasteiger partial charge on any atom is 0.573 e. The van der Waals surface area contributed by atoms with Gasteiger partial charge in [0, 0.05) is 42.9 Å². The van der Waals surface area contributed by atoms with Crippen LogP contribution in [0.25, 0.3) is 11.1 Å². The number of hydrogen-bond donors (Lipinski definition) is 1. The SMILES string of the molecule is CC(C)NC(=O)N1CC2CC(C1)c1ccc(-c3ccc(OC(F)(F)F)cc3)c(=O)n1C2. The Balaban J connectivity index is 1.58. The molecule has 9 heteroatoms. The van der Waals surface area contributed by atoms with Crippen LogP contribution in [0.15, 0.2) is 41.2 Å². The first-order chi connectivity index (χ1) is 14.6. The lowest BCUT2D eigenvalue weighted by Crippen LogP contribution is -2.52. The summed E-state index contributed by atoms with van der Waals surface area (Å²) in [6.45, 7) is 5.49. The van der Waals surface area contributed by atoms with Gasteiger partial charge in [0.05, 0.1) is 0 Å². The van der Waals surface area contributed by atoms with Gasteiger partial charge in [-0.15, -0.1) is 13.2 Å². The maximum atomic E-state index is 13.2. The molecule has 31 heavy (non-hydrogen) atoms. The molecule has 166 valence electrons. The molecule has 2 aliphatic rings. The smallest absolute Gasteiger partial charge is 0.406 e. The second-order valence-electron chi connectivity index (χ2n) is 8.47. The third-order valence-electron chi connectivity index (χ3n) is 5.70. The molecule has 0 spiro atoms. The van der Waals surface area contributed by atoms with Crippen molar-refractivity contribution in [2.45, 2.75) is 45.1 Å². The number of likely N-dealkylation sites (tertiary alicyclic amines) is 1. The van der Waals surface area contributed by atoms with E-state index < -0.39 is 6.36 Å². The van der Waals surface area contributed by atoms with Gasteiger partial charge >= 0.3 is 12.4 Å². The van der Waals surface area contributed by atoms with Gasteiger partial charge in [0.15, 0.2) is 0 Å². The molecule has 1 N–H and O–H groups in total. The molecule has 6 nitrogen and oxygen atoms in total. The Labute approximate surface area is 177 Å². The molecule has 2 unspecified atom stereocenters. The van der Waals surface area contributed by atoms with E-state index in [0.717, 1.165) is 12.1 Å². The molecule has 2 aliphatic heterocycles. The van der Waals surface area contributed by atoms with E-state index in [1.54, 1.807) is 10.6 Å². The van der Waals surface area contributed by atoms with Gasteiger partial charge in [-0.1, -0.05) is 12.1 Å². The maximum absolute atomic E-state index is 13.2. The highest BCUT2D eigenvalue weighted by Gasteiger charge is 2.37. The summed E-state index contributed by atoms with van der Waals surface area (Å²) in [6, 6.07) is 8.87. The molecule has 2 amide bonds. The molecule has 2 bridgehead atoms. The minimum Gasteiger partial charge on any atom is -0.406 e. The largest absolute Gasteiger partial charge is 0.573 e. The van der Waals surface area contributed by atoms with E-state index in [1.807, 2.05) is 24.8 Å². The van der Waals surface area contributed by atoms with Crippen molar-refractivity contribution in [2.75, 3.05) is 13.1 Å². The van der Waals surface area contributed by atoms with Gasteiger partial charge in [0.25, 0.3) is 5.56 Å². The number of carbonyl (C=O) groups excluding carboxylic acids is 1. The van der Waals surface area contributed by atoms with Gasteiger partial charge in [-0.05, 0) is 56.0 Å². The Hall–Kier alpha value is -2.97. The summed E-state index contributed by atoms with van der Waals surface area (Å²) in [4.78, 5) is 27.4. The summed E-state index contributed by atoms with van der Waals surface area (Å²) >= 11 is 0. The number of nitrogens with one attached hydrogen (secondary N) is 1. The zero-order chi connectivity index (χ0) is 22.3. The van der Waals surface area contributed by atoms with Crippen molar-refractivity contribution in [1.82, 2.24) is 14.8 Å². The molecule has 0 radical (unpaired) electrons. The predicted molar refractivity (Wildman–Crippen MR) is 109 cm³/mol. The van der Waals surface area contributed by atoms with Crippen LogP contribution in [0.1, 0.15) is 31.9 Å². The number of fused-ring (bicyclic) bond motifs is 4. The number of hydrogen-bond acceptors (Lipinski definition) is 3. The molecule has 3 heterocycles. The molecule has 1 saturated heterocycles. The van der Waals surface area contributed by atoms with Crippen LogP contribution in [0.4, 0.5) is 18.0 Å². The molecular weight excluding hydrogens is 411 g/mol. The van der Waals surface area contributed by atoms with Crippen LogP contribution >= 0.6 is 0 Å². The quantitative estimate of drug-likeness (QED) is 0.794. The molecule has 1 aromatic carbocycles.